The molecular weight excluding hydrogens is 481 g/mol. The van der Waals surface area contributed by atoms with Gasteiger partial charge in [0, 0.05) is 37.9 Å². The average molecular weight is 524 g/mol. The van der Waals surface area contributed by atoms with Crippen molar-refractivity contribution in [3.8, 4) is 0 Å². The van der Waals surface area contributed by atoms with Crippen molar-refractivity contribution in [1.29, 1.82) is 0 Å². The fourth-order valence-electron chi connectivity index (χ4n) is 3.96. The number of aromatic amines is 1. The van der Waals surface area contributed by atoms with Crippen LogP contribution in [0.5, 0.6) is 0 Å². The third-order valence-electron chi connectivity index (χ3n) is 5.80. The SMILES string of the molecule is C/C=C\C(NC(=O)c1ncc(/C(C)=C/N(Cc2cccnc2)/N=C\CC)[nH]1)=C(/CF)N1CCCCC1.CC. The Morgan fingerprint density at radius 1 is 1.26 bits per heavy atom. The summed E-state index contributed by atoms with van der Waals surface area (Å²) in [5.41, 5.74) is 3.56. The Labute approximate surface area is 226 Å². The van der Waals surface area contributed by atoms with Crippen LogP contribution in [0.2, 0.25) is 0 Å². The van der Waals surface area contributed by atoms with Gasteiger partial charge in [0.2, 0.25) is 0 Å². The number of H-pyrrole nitrogens is 1. The van der Waals surface area contributed by atoms with Crippen molar-refractivity contribution >= 4 is 17.7 Å². The molecule has 206 valence electrons. The van der Waals surface area contributed by atoms with Crippen LogP contribution in [-0.2, 0) is 6.54 Å². The van der Waals surface area contributed by atoms with Crippen LogP contribution >= 0.6 is 0 Å². The highest BCUT2D eigenvalue weighted by molar-refractivity contribution is 5.92. The largest absolute Gasteiger partial charge is 0.371 e. The average Bonchev–Trinajstić information content (AvgIpc) is 3.45. The molecule has 0 bridgehead atoms. The molecule has 2 N–H and O–H groups in total. The second-order valence-electron chi connectivity index (χ2n) is 8.62. The van der Waals surface area contributed by atoms with Gasteiger partial charge in [-0.2, -0.15) is 5.10 Å². The topological polar surface area (TPSA) is 89.5 Å². The Bertz CT molecular complexity index is 1100. The highest BCUT2D eigenvalue weighted by atomic mass is 19.1. The van der Waals surface area contributed by atoms with Gasteiger partial charge in [0.05, 0.1) is 29.8 Å². The molecule has 0 saturated carbocycles. The van der Waals surface area contributed by atoms with Crippen LogP contribution in [0.15, 0.2) is 65.6 Å². The van der Waals surface area contributed by atoms with E-state index in [1.807, 2.05) is 75.3 Å². The lowest BCUT2D eigenvalue weighted by Crippen LogP contribution is -2.34. The number of amides is 1. The minimum atomic E-state index is -0.643. The molecule has 1 aliphatic heterocycles. The van der Waals surface area contributed by atoms with Crippen LogP contribution in [0.25, 0.3) is 5.57 Å². The molecule has 1 saturated heterocycles. The van der Waals surface area contributed by atoms with E-state index in [1.54, 1.807) is 24.5 Å². The summed E-state index contributed by atoms with van der Waals surface area (Å²) in [5.74, 6) is -0.256. The van der Waals surface area contributed by atoms with Crippen molar-refractivity contribution in [1.82, 2.24) is 30.2 Å². The molecule has 1 aliphatic rings. The van der Waals surface area contributed by atoms with Crippen molar-refractivity contribution in [2.75, 3.05) is 19.8 Å². The number of piperidine rings is 1. The minimum Gasteiger partial charge on any atom is -0.371 e. The molecule has 2 aromatic rings. The first-order chi connectivity index (χ1) is 18.5. The number of likely N-dealkylation sites (tertiary alicyclic amines) is 1. The summed E-state index contributed by atoms with van der Waals surface area (Å²) < 4.78 is 14.0. The van der Waals surface area contributed by atoms with E-state index in [0.717, 1.165) is 49.9 Å². The van der Waals surface area contributed by atoms with Gasteiger partial charge >= 0.3 is 0 Å². The fraction of sp³-hybridized carbons (Fsp3) is 0.448. The Morgan fingerprint density at radius 2 is 2.03 bits per heavy atom. The van der Waals surface area contributed by atoms with Gasteiger partial charge in [0.25, 0.3) is 5.91 Å². The molecule has 2 aromatic heterocycles. The number of imidazole rings is 1. The number of rotatable bonds is 11. The molecule has 8 nitrogen and oxygen atoms in total. The molecule has 0 spiro atoms. The van der Waals surface area contributed by atoms with Crippen molar-refractivity contribution in [2.24, 2.45) is 5.10 Å². The van der Waals surface area contributed by atoms with Crippen LogP contribution < -0.4 is 5.32 Å². The van der Waals surface area contributed by atoms with Gasteiger partial charge in [0.15, 0.2) is 5.82 Å². The summed E-state index contributed by atoms with van der Waals surface area (Å²) in [4.78, 5) is 26.5. The first-order valence-corrected chi connectivity index (χ1v) is 13.5. The van der Waals surface area contributed by atoms with Gasteiger partial charge < -0.3 is 15.2 Å². The number of nitrogens with zero attached hydrogens (tertiary/aromatic N) is 5. The molecule has 0 atom stereocenters. The second kappa shape index (κ2) is 16.9. The van der Waals surface area contributed by atoms with E-state index in [9.17, 15) is 9.18 Å². The number of alkyl halides is 1. The number of carbonyl (C=O) groups excluding carboxylic acids is 1. The lowest BCUT2D eigenvalue weighted by atomic mass is 10.1. The van der Waals surface area contributed by atoms with E-state index in [4.69, 9.17) is 0 Å². The Morgan fingerprint density at radius 3 is 2.66 bits per heavy atom. The van der Waals surface area contributed by atoms with Crippen molar-refractivity contribution in [2.45, 2.75) is 66.8 Å². The molecule has 3 rings (SSSR count). The molecule has 38 heavy (non-hydrogen) atoms. The predicted molar refractivity (Wildman–Crippen MR) is 153 cm³/mol. The molecule has 1 amide bonds. The summed E-state index contributed by atoms with van der Waals surface area (Å²) >= 11 is 0. The molecule has 1 fully saturated rings. The van der Waals surface area contributed by atoms with Crippen LogP contribution in [0, 0.1) is 0 Å². The van der Waals surface area contributed by atoms with E-state index in [0.29, 0.717) is 23.6 Å². The van der Waals surface area contributed by atoms with E-state index < -0.39 is 12.6 Å². The number of hydrogen-bond donors (Lipinski definition) is 2. The van der Waals surface area contributed by atoms with E-state index >= 15 is 0 Å². The molecule has 0 aromatic carbocycles. The van der Waals surface area contributed by atoms with Gasteiger partial charge in [-0.3, -0.25) is 14.8 Å². The van der Waals surface area contributed by atoms with Crippen molar-refractivity contribution in [3.05, 3.63) is 77.6 Å². The second-order valence-corrected chi connectivity index (χ2v) is 8.62. The van der Waals surface area contributed by atoms with Gasteiger partial charge in [-0.05, 0) is 62.8 Å². The third-order valence-corrected chi connectivity index (χ3v) is 5.80. The first kappa shape index (κ1) is 30.5. The maximum Gasteiger partial charge on any atom is 0.291 e. The summed E-state index contributed by atoms with van der Waals surface area (Å²) in [6, 6.07) is 3.89. The number of hydrazone groups is 1. The lowest BCUT2D eigenvalue weighted by Gasteiger charge is -2.31. The zero-order valence-corrected chi connectivity index (χ0v) is 23.4. The molecule has 0 unspecified atom stereocenters. The number of aromatic nitrogens is 3. The van der Waals surface area contributed by atoms with Gasteiger partial charge in [-0.15, -0.1) is 0 Å². The number of carbonyl (C=O) groups is 1. The number of halogens is 1. The minimum absolute atomic E-state index is 0.160. The fourth-order valence-corrected chi connectivity index (χ4v) is 3.96. The Hall–Kier alpha value is -3.75. The highest BCUT2D eigenvalue weighted by Crippen LogP contribution is 2.19. The lowest BCUT2D eigenvalue weighted by molar-refractivity contribution is 0.0955. The maximum atomic E-state index is 14.0. The van der Waals surface area contributed by atoms with E-state index in [-0.39, 0.29) is 5.82 Å². The molecule has 9 heteroatoms. The third kappa shape index (κ3) is 9.28. The summed E-state index contributed by atoms with van der Waals surface area (Å²) in [7, 11) is 0. The van der Waals surface area contributed by atoms with E-state index in [1.165, 1.54) is 0 Å². The van der Waals surface area contributed by atoms with Gasteiger partial charge in [-0.1, -0.05) is 32.9 Å². The zero-order valence-electron chi connectivity index (χ0n) is 23.4. The van der Waals surface area contributed by atoms with Crippen molar-refractivity contribution in [3.63, 3.8) is 0 Å². The molecule has 0 aliphatic carbocycles. The summed E-state index contributed by atoms with van der Waals surface area (Å²) in [5, 5.41) is 9.20. The monoisotopic (exact) mass is 523 g/mol. The molecular formula is C29H42FN7O. The van der Waals surface area contributed by atoms with Crippen LogP contribution in [0.3, 0.4) is 0 Å². The van der Waals surface area contributed by atoms with Crippen LogP contribution in [0.4, 0.5) is 4.39 Å². The highest BCUT2D eigenvalue weighted by Gasteiger charge is 2.19. The number of allylic oxidation sites excluding steroid dienone is 4. The van der Waals surface area contributed by atoms with Crippen molar-refractivity contribution < 1.29 is 9.18 Å². The normalized spacial score (nSPS) is 14.8. The zero-order chi connectivity index (χ0) is 27.8. The maximum absolute atomic E-state index is 14.0. The standard InChI is InChI=1S/C27H36FN7O.C2H6/c1-4-10-23(25(16-28)34-14-7-6-8-15-34)33-27(36)26-30-18-24(32-26)21(3)19-35(31-12-5-2)20-22-11-9-13-29-17-22;1-2/h4,9-13,17-19H,5-8,14-16,20H2,1-3H3,(H,30,32)(H,33,36);1-2H3/b10-4-,21-19+,25-23-,31-12-;. The van der Waals surface area contributed by atoms with Gasteiger partial charge in [0.1, 0.15) is 6.67 Å². The van der Waals surface area contributed by atoms with E-state index in [2.05, 4.69) is 25.4 Å². The Balaban J connectivity index is 0.00000247. The quantitative estimate of drug-likeness (QED) is 0.212. The Kier molecular flexibility index (Phi) is 13.5. The molecule has 0 radical (unpaired) electrons. The number of pyridine rings is 1. The summed E-state index contributed by atoms with van der Waals surface area (Å²) in [6.07, 6.45) is 16.4. The molecule has 3 heterocycles. The van der Waals surface area contributed by atoms with Crippen LogP contribution in [0.1, 0.15) is 82.2 Å². The smallest absolute Gasteiger partial charge is 0.291 e. The predicted octanol–water partition coefficient (Wildman–Crippen LogP) is 6.06. The van der Waals surface area contributed by atoms with Gasteiger partial charge in [-0.25, -0.2) is 9.37 Å². The number of hydrogen-bond acceptors (Lipinski definition) is 6. The number of nitrogens with one attached hydrogen (secondary N) is 2. The van der Waals surface area contributed by atoms with Crippen LogP contribution in [-0.4, -0.2) is 56.7 Å². The first-order valence-electron chi connectivity index (χ1n) is 13.5. The summed E-state index contributed by atoms with van der Waals surface area (Å²) in [6.45, 7) is 11.3.